The first-order chi connectivity index (χ1) is 12.5. The largest absolute Gasteiger partial charge is 0.332 e. The van der Waals surface area contributed by atoms with Crippen molar-refractivity contribution in [3.8, 4) is 0 Å². The average molecular weight is 365 g/mol. The van der Waals surface area contributed by atoms with Crippen LogP contribution < -0.4 is 10.6 Å². The van der Waals surface area contributed by atoms with E-state index in [0.717, 1.165) is 30.0 Å². The van der Waals surface area contributed by atoms with Gasteiger partial charge in [-0.1, -0.05) is 37.3 Å². The lowest BCUT2D eigenvalue weighted by molar-refractivity contribution is 0.659. The van der Waals surface area contributed by atoms with E-state index in [1.165, 1.54) is 16.8 Å². The monoisotopic (exact) mass is 364 g/mol. The zero-order valence-electron chi connectivity index (χ0n) is 15.4. The van der Waals surface area contributed by atoms with Gasteiger partial charge in [-0.05, 0) is 67.9 Å². The Morgan fingerprint density at radius 2 is 1.77 bits per heavy atom. The number of rotatable bonds is 5. The summed E-state index contributed by atoms with van der Waals surface area (Å²) in [6.45, 7) is 7.00. The van der Waals surface area contributed by atoms with Crippen LogP contribution in [0.15, 0.2) is 54.6 Å². The van der Waals surface area contributed by atoms with Gasteiger partial charge in [-0.15, -0.1) is 0 Å². The van der Waals surface area contributed by atoms with Gasteiger partial charge in [0.1, 0.15) is 0 Å². The molecule has 4 nitrogen and oxygen atoms in total. The molecule has 0 spiro atoms. The number of nitrogens with zero attached hydrogens (tertiary/aromatic N) is 2. The molecule has 0 radical (unpaired) electrons. The molecule has 0 atom stereocenters. The van der Waals surface area contributed by atoms with Crippen LogP contribution in [0.4, 0.5) is 11.4 Å². The highest BCUT2D eigenvalue weighted by Gasteiger charge is 2.05. The number of benzene rings is 2. The smallest absolute Gasteiger partial charge is 0.175 e. The molecule has 0 saturated heterocycles. The quantitative estimate of drug-likeness (QED) is 0.631. The highest BCUT2D eigenvalue weighted by atomic mass is 32.1. The molecule has 0 fully saturated rings. The molecular formula is C21H24N4S. The Kier molecular flexibility index (Phi) is 5.68. The predicted molar refractivity (Wildman–Crippen MR) is 113 cm³/mol. The standard InChI is InChI=1S/C21H24N4S/c1-4-18-7-5-6-8-20(18)23-21(26)22-19-11-9-17(10-12-19)14-25-16(3)13-15(2)24-25/h5-13H,4,14H2,1-3H3,(H2,22,23,26). The molecule has 0 bridgehead atoms. The third kappa shape index (κ3) is 4.49. The summed E-state index contributed by atoms with van der Waals surface area (Å²) in [5.41, 5.74) is 6.69. The van der Waals surface area contributed by atoms with Crippen LogP contribution in [0.25, 0.3) is 0 Å². The lowest BCUT2D eigenvalue weighted by Gasteiger charge is -2.14. The minimum Gasteiger partial charge on any atom is -0.332 e. The maximum atomic E-state index is 5.45. The summed E-state index contributed by atoms with van der Waals surface area (Å²) in [6, 6.07) is 18.6. The fraction of sp³-hybridized carbons (Fsp3) is 0.238. The second kappa shape index (κ2) is 8.15. The molecule has 0 aliphatic heterocycles. The van der Waals surface area contributed by atoms with Crippen molar-refractivity contribution in [1.29, 1.82) is 0 Å². The minimum atomic E-state index is 0.595. The molecule has 2 N–H and O–H groups in total. The number of anilines is 2. The van der Waals surface area contributed by atoms with Crippen LogP contribution in [0.3, 0.4) is 0 Å². The summed E-state index contributed by atoms with van der Waals surface area (Å²) >= 11 is 5.45. The number of hydrogen-bond acceptors (Lipinski definition) is 2. The second-order valence-electron chi connectivity index (χ2n) is 6.37. The Balaban J connectivity index is 1.62. The Morgan fingerprint density at radius 3 is 2.42 bits per heavy atom. The topological polar surface area (TPSA) is 41.9 Å². The first-order valence-electron chi connectivity index (χ1n) is 8.81. The predicted octanol–water partition coefficient (Wildman–Crippen LogP) is 4.92. The Bertz CT molecular complexity index is 897. The van der Waals surface area contributed by atoms with Crippen molar-refractivity contribution in [3.63, 3.8) is 0 Å². The molecule has 0 saturated carbocycles. The maximum absolute atomic E-state index is 5.45. The first-order valence-corrected chi connectivity index (χ1v) is 9.22. The van der Waals surface area contributed by atoms with Gasteiger partial charge in [-0.3, -0.25) is 4.68 Å². The highest BCUT2D eigenvalue weighted by molar-refractivity contribution is 7.80. The zero-order valence-corrected chi connectivity index (χ0v) is 16.2. The van der Waals surface area contributed by atoms with Crippen molar-refractivity contribution < 1.29 is 0 Å². The van der Waals surface area contributed by atoms with E-state index in [-0.39, 0.29) is 0 Å². The van der Waals surface area contributed by atoms with Gasteiger partial charge in [0.2, 0.25) is 0 Å². The van der Waals surface area contributed by atoms with E-state index in [0.29, 0.717) is 5.11 Å². The summed E-state index contributed by atoms with van der Waals surface area (Å²) in [7, 11) is 0. The molecule has 1 aromatic heterocycles. The van der Waals surface area contributed by atoms with Gasteiger partial charge < -0.3 is 10.6 Å². The second-order valence-corrected chi connectivity index (χ2v) is 6.78. The van der Waals surface area contributed by atoms with Crippen LogP contribution in [0.2, 0.25) is 0 Å². The molecule has 0 aliphatic rings. The molecular weight excluding hydrogens is 340 g/mol. The summed E-state index contributed by atoms with van der Waals surface area (Å²) in [5, 5.41) is 11.6. The molecule has 0 unspecified atom stereocenters. The fourth-order valence-electron chi connectivity index (χ4n) is 2.94. The van der Waals surface area contributed by atoms with E-state index >= 15 is 0 Å². The van der Waals surface area contributed by atoms with E-state index in [2.05, 4.69) is 53.8 Å². The molecule has 3 rings (SSSR count). The number of aryl methyl sites for hydroxylation is 3. The van der Waals surface area contributed by atoms with Crippen LogP contribution in [0.1, 0.15) is 29.4 Å². The van der Waals surface area contributed by atoms with E-state index in [9.17, 15) is 0 Å². The third-order valence-corrected chi connectivity index (χ3v) is 4.50. The number of hydrogen-bond donors (Lipinski definition) is 2. The lowest BCUT2D eigenvalue weighted by atomic mass is 10.1. The van der Waals surface area contributed by atoms with E-state index < -0.39 is 0 Å². The van der Waals surface area contributed by atoms with Crippen LogP contribution in [-0.2, 0) is 13.0 Å². The van der Waals surface area contributed by atoms with Crippen molar-refractivity contribution >= 4 is 28.7 Å². The van der Waals surface area contributed by atoms with Gasteiger partial charge in [0.15, 0.2) is 5.11 Å². The molecule has 134 valence electrons. The van der Waals surface area contributed by atoms with Crippen molar-refractivity contribution in [1.82, 2.24) is 9.78 Å². The number of aromatic nitrogens is 2. The van der Waals surface area contributed by atoms with E-state index in [1.54, 1.807) is 0 Å². The molecule has 26 heavy (non-hydrogen) atoms. The molecule has 0 amide bonds. The van der Waals surface area contributed by atoms with Crippen LogP contribution in [0.5, 0.6) is 0 Å². The summed E-state index contributed by atoms with van der Waals surface area (Å²) in [6.07, 6.45) is 0.965. The average Bonchev–Trinajstić information content (AvgIpc) is 2.94. The van der Waals surface area contributed by atoms with Gasteiger partial charge in [0, 0.05) is 17.1 Å². The summed E-state index contributed by atoms with van der Waals surface area (Å²) in [4.78, 5) is 0. The fourth-order valence-corrected chi connectivity index (χ4v) is 3.16. The normalized spacial score (nSPS) is 10.6. The summed E-state index contributed by atoms with van der Waals surface area (Å²) < 4.78 is 2.02. The first kappa shape index (κ1) is 18.1. The zero-order chi connectivity index (χ0) is 18.5. The van der Waals surface area contributed by atoms with E-state index in [4.69, 9.17) is 12.2 Å². The van der Waals surface area contributed by atoms with E-state index in [1.807, 2.05) is 41.9 Å². The molecule has 2 aromatic carbocycles. The van der Waals surface area contributed by atoms with Gasteiger partial charge in [0.25, 0.3) is 0 Å². The highest BCUT2D eigenvalue weighted by Crippen LogP contribution is 2.17. The molecule has 1 heterocycles. The molecule has 0 aliphatic carbocycles. The third-order valence-electron chi connectivity index (χ3n) is 4.29. The number of nitrogens with one attached hydrogen (secondary N) is 2. The van der Waals surface area contributed by atoms with Crippen LogP contribution in [-0.4, -0.2) is 14.9 Å². The Labute approximate surface area is 160 Å². The molecule has 3 aromatic rings. The Morgan fingerprint density at radius 1 is 1.04 bits per heavy atom. The SMILES string of the molecule is CCc1ccccc1NC(=S)Nc1ccc(Cn2nc(C)cc2C)cc1. The minimum absolute atomic E-state index is 0.595. The van der Waals surface area contributed by atoms with Crippen molar-refractivity contribution in [2.75, 3.05) is 10.6 Å². The maximum Gasteiger partial charge on any atom is 0.175 e. The van der Waals surface area contributed by atoms with Gasteiger partial charge in [0.05, 0.1) is 12.2 Å². The molecule has 5 heteroatoms. The van der Waals surface area contributed by atoms with Crippen molar-refractivity contribution in [2.24, 2.45) is 0 Å². The van der Waals surface area contributed by atoms with Gasteiger partial charge >= 0.3 is 0 Å². The van der Waals surface area contributed by atoms with Gasteiger partial charge in [-0.2, -0.15) is 5.10 Å². The summed E-state index contributed by atoms with van der Waals surface area (Å²) in [5.74, 6) is 0. The van der Waals surface area contributed by atoms with Crippen LogP contribution in [0, 0.1) is 13.8 Å². The van der Waals surface area contributed by atoms with Crippen molar-refractivity contribution in [2.45, 2.75) is 33.7 Å². The van der Waals surface area contributed by atoms with Gasteiger partial charge in [-0.25, -0.2) is 0 Å². The number of thiocarbonyl (C=S) groups is 1. The lowest BCUT2D eigenvalue weighted by Crippen LogP contribution is -2.19. The number of para-hydroxylation sites is 1. The van der Waals surface area contributed by atoms with Crippen LogP contribution >= 0.6 is 12.2 Å². The van der Waals surface area contributed by atoms with Crippen molar-refractivity contribution in [3.05, 3.63) is 77.1 Å². The Hall–Kier alpha value is -2.66.